The lowest BCUT2D eigenvalue weighted by Gasteiger charge is -2.33. The highest BCUT2D eigenvalue weighted by atomic mass is 35.5. The van der Waals surface area contributed by atoms with Crippen molar-refractivity contribution >= 4 is 38.9 Å². The molecular formula is C19H17ClFN3O4S2. The molecule has 0 radical (unpaired) electrons. The molecule has 0 saturated carbocycles. The topological polar surface area (TPSA) is 83.7 Å². The second-order valence-corrected chi connectivity index (χ2v) is 10.2. The molecule has 0 N–H and O–H groups in total. The third kappa shape index (κ3) is 3.64. The van der Waals surface area contributed by atoms with E-state index in [1.165, 1.54) is 27.4 Å². The van der Waals surface area contributed by atoms with E-state index in [1.807, 2.05) is 0 Å². The highest BCUT2D eigenvalue weighted by Gasteiger charge is 2.34. The molecule has 0 unspecified atom stereocenters. The normalized spacial score (nSPS) is 15.5. The minimum Gasteiger partial charge on any atom is -0.360 e. The van der Waals surface area contributed by atoms with E-state index in [4.69, 9.17) is 16.1 Å². The number of benzene rings is 1. The van der Waals surface area contributed by atoms with Crippen LogP contribution in [0, 0.1) is 12.7 Å². The molecule has 1 fully saturated rings. The lowest BCUT2D eigenvalue weighted by atomic mass is 10.0. The Morgan fingerprint density at radius 2 is 1.93 bits per heavy atom. The summed E-state index contributed by atoms with van der Waals surface area (Å²) in [5.74, 6) is -0.782. The maximum absolute atomic E-state index is 14.4. The van der Waals surface area contributed by atoms with Gasteiger partial charge in [-0.15, -0.1) is 11.3 Å². The molecule has 1 amide bonds. The Hall–Kier alpha value is -2.27. The number of carbonyl (C=O) groups is 1. The first-order valence-electron chi connectivity index (χ1n) is 9.04. The zero-order valence-corrected chi connectivity index (χ0v) is 18.2. The summed E-state index contributed by atoms with van der Waals surface area (Å²) in [6, 6.07) is 7.44. The number of aryl methyl sites for hydroxylation is 1. The fourth-order valence-corrected chi connectivity index (χ4v) is 6.17. The summed E-state index contributed by atoms with van der Waals surface area (Å²) in [7, 11) is -3.58. The van der Waals surface area contributed by atoms with Gasteiger partial charge in [0.25, 0.3) is 15.9 Å². The Morgan fingerprint density at radius 1 is 1.20 bits per heavy atom. The minimum absolute atomic E-state index is 0.00160. The number of piperazine rings is 1. The Balaban J connectivity index is 1.57. The van der Waals surface area contributed by atoms with E-state index in [0.717, 1.165) is 11.3 Å². The number of carbonyl (C=O) groups excluding carboxylic acids is 1. The van der Waals surface area contributed by atoms with Gasteiger partial charge in [0.15, 0.2) is 0 Å². The Morgan fingerprint density at radius 3 is 2.57 bits per heavy atom. The average molecular weight is 470 g/mol. The van der Waals surface area contributed by atoms with Crippen LogP contribution in [-0.2, 0) is 10.0 Å². The molecule has 11 heteroatoms. The van der Waals surface area contributed by atoms with Crippen molar-refractivity contribution in [2.45, 2.75) is 11.1 Å². The summed E-state index contributed by atoms with van der Waals surface area (Å²) < 4.78 is 46.5. The first-order valence-corrected chi connectivity index (χ1v) is 11.7. The van der Waals surface area contributed by atoms with Gasteiger partial charge >= 0.3 is 0 Å². The Kier molecular flexibility index (Phi) is 5.67. The number of hydrogen-bond donors (Lipinski definition) is 0. The number of amides is 1. The molecule has 1 aliphatic heterocycles. The Labute approximate surface area is 181 Å². The van der Waals surface area contributed by atoms with E-state index in [9.17, 15) is 17.6 Å². The molecule has 158 valence electrons. The standard InChI is InChI=1S/C19H17ClFN3O4S2/c1-12-16(18(22-28-12)17-13(20)4-2-5-14(17)21)19(25)23-7-9-24(10-8-23)30(26,27)15-6-3-11-29-15/h2-6,11H,7-10H2,1H3. The molecule has 0 aliphatic carbocycles. The number of hydrogen-bond acceptors (Lipinski definition) is 6. The predicted molar refractivity (Wildman–Crippen MR) is 111 cm³/mol. The van der Waals surface area contributed by atoms with E-state index in [2.05, 4.69) is 5.16 Å². The molecular weight excluding hydrogens is 453 g/mol. The van der Waals surface area contributed by atoms with Crippen molar-refractivity contribution in [3.05, 3.63) is 57.9 Å². The maximum Gasteiger partial charge on any atom is 0.259 e. The number of aromatic nitrogens is 1. The molecule has 7 nitrogen and oxygen atoms in total. The molecule has 0 atom stereocenters. The number of thiophene rings is 1. The molecule has 3 aromatic rings. The summed E-state index contributed by atoms with van der Waals surface area (Å²) >= 11 is 7.29. The van der Waals surface area contributed by atoms with Crippen molar-refractivity contribution in [1.82, 2.24) is 14.4 Å². The van der Waals surface area contributed by atoms with Crippen LogP contribution in [0.25, 0.3) is 11.3 Å². The summed E-state index contributed by atoms with van der Waals surface area (Å²) in [5, 5.41) is 5.68. The van der Waals surface area contributed by atoms with Crippen LogP contribution < -0.4 is 0 Å². The zero-order valence-electron chi connectivity index (χ0n) is 15.8. The van der Waals surface area contributed by atoms with Gasteiger partial charge in [-0.05, 0) is 30.5 Å². The number of rotatable bonds is 4. The van der Waals surface area contributed by atoms with Crippen LogP contribution in [0.15, 0.2) is 44.4 Å². The molecule has 30 heavy (non-hydrogen) atoms. The van der Waals surface area contributed by atoms with Crippen LogP contribution in [0.3, 0.4) is 0 Å². The van der Waals surface area contributed by atoms with Crippen molar-refractivity contribution in [2.24, 2.45) is 0 Å². The monoisotopic (exact) mass is 469 g/mol. The fraction of sp³-hybridized carbons (Fsp3) is 0.263. The van der Waals surface area contributed by atoms with Crippen LogP contribution in [0.2, 0.25) is 5.02 Å². The smallest absolute Gasteiger partial charge is 0.259 e. The van der Waals surface area contributed by atoms with Crippen molar-refractivity contribution in [3.63, 3.8) is 0 Å². The van der Waals surface area contributed by atoms with Gasteiger partial charge in [0.1, 0.15) is 27.0 Å². The molecule has 1 saturated heterocycles. The lowest BCUT2D eigenvalue weighted by Crippen LogP contribution is -2.50. The summed E-state index contributed by atoms with van der Waals surface area (Å²) in [6.07, 6.45) is 0. The molecule has 1 aliphatic rings. The predicted octanol–water partition coefficient (Wildman–Crippen LogP) is 3.65. The van der Waals surface area contributed by atoms with Crippen LogP contribution >= 0.6 is 22.9 Å². The summed E-state index contributed by atoms with van der Waals surface area (Å²) in [4.78, 5) is 14.7. The van der Waals surface area contributed by atoms with Gasteiger partial charge in [-0.25, -0.2) is 12.8 Å². The number of nitrogens with zero attached hydrogens (tertiary/aromatic N) is 3. The minimum atomic E-state index is -3.58. The van der Waals surface area contributed by atoms with Crippen molar-refractivity contribution in [3.8, 4) is 11.3 Å². The van der Waals surface area contributed by atoms with Gasteiger partial charge in [-0.1, -0.05) is 28.9 Å². The van der Waals surface area contributed by atoms with Gasteiger partial charge in [-0.2, -0.15) is 4.31 Å². The van der Waals surface area contributed by atoms with Gasteiger partial charge in [0, 0.05) is 26.2 Å². The fourth-order valence-electron chi connectivity index (χ4n) is 3.35. The highest BCUT2D eigenvalue weighted by Crippen LogP contribution is 2.34. The highest BCUT2D eigenvalue weighted by molar-refractivity contribution is 7.91. The number of sulfonamides is 1. The number of halogens is 2. The van der Waals surface area contributed by atoms with Gasteiger partial charge in [0.2, 0.25) is 0 Å². The lowest BCUT2D eigenvalue weighted by molar-refractivity contribution is 0.0697. The molecule has 4 rings (SSSR count). The van der Waals surface area contributed by atoms with Crippen LogP contribution in [-0.4, -0.2) is 54.9 Å². The second-order valence-electron chi connectivity index (χ2n) is 6.69. The SMILES string of the molecule is Cc1onc(-c2c(F)cccc2Cl)c1C(=O)N1CCN(S(=O)(=O)c2cccs2)CC1. The molecule has 1 aromatic carbocycles. The van der Waals surface area contributed by atoms with E-state index in [1.54, 1.807) is 24.4 Å². The van der Waals surface area contributed by atoms with E-state index < -0.39 is 21.7 Å². The van der Waals surface area contributed by atoms with Crippen LogP contribution in [0.5, 0.6) is 0 Å². The van der Waals surface area contributed by atoms with Gasteiger partial charge < -0.3 is 9.42 Å². The Bertz CT molecular complexity index is 1170. The van der Waals surface area contributed by atoms with Crippen molar-refractivity contribution in [1.29, 1.82) is 0 Å². The largest absolute Gasteiger partial charge is 0.360 e. The van der Waals surface area contributed by atoms with Crippen LogP contribution in [0.1, 0.15) is 16.1 Å². The van der Waals surface area contributed by atoms with Crippen molar-refractivity contribution < 1.29 is 22.1 Å². The first kappa shape index (κ1) is 21.0. The van der Waals surface area contributed by atoms with Gasteiger partial charge in [-0.3, -0.25) is 4.79 Å². The quantitative estimate of drug-likeness (QED) is 0.582. The molecule has 0 spiro atoms. The molecule has 3 heterocycles. The third-order valence-electron chi connectivity index (χ3n) is 4.89. The van der Waals surface area contributed by atoms with Crippen molar-refractivity contribution in [2.75, 3.05) is 26.2 Å². The average Bonchev–Trinajstić information content (AvgIpc) is 3.38. The third-order valence-corrected chi connectivity index (χ3v) is 8.48. The second kappa shape index (κ2) is 8.10. The first-order chi connectivity index (χ1) is 14.3. The van der Waals surface area contributed by atoms with E-state index in [-0.39, 0.29) is 58.0 Å². The maximum atomic E-state index is 14.4. The van der Waals surface area contributed by atoms with Gasteiger partial charge in [0.05, 0.1) is 10.6 Å². The summed E-state index contributed by atoms with van der Waals surface area (Å²) in [6.45, 7) is 2.27. The van der Waals surface area contributed by atoms with E-state index in [0.29, 0.717) is 0 Å². The molecule has 2 aromatic heterocycles. The molecule has 0 bridgehead atoms. The van der Waals surface area contributed by atoms with E-state index >= 15 is 0 Å². The van der Waals surface area contributed by atoms with Crippen LogP contribution in [0.4, 0.5) is 4.39 Å². The zero-order chi connectivity index (χ0) is 21.5. The summed E-state index contributed by atoms with van der Waals surface area (Å²) in [5.41, 5.74) is 0.157.